The lowest BCUT2D eigenvalue weighted by molar-refractivity contribution is 0.103. The van der Waals surface area contributed by atoms with E-state index in [0.29, 0.717) is 17.8 Å². The van der Waals surface area contributed by atoms with Crippen LogP contribution in [0, 0.1) is 5.82 Å². The van der Waals surface area contributed by atoms with Gasteiger partial charge in [-0.25, -0.2) is 9.37 Å². The Morgan fingerprint density at radius 1 is 1.29 bits per heavy atom. The molecule has 2 aromatic heterocycles. The fourth-order valence-corrected chi connectivity index (χ4v) is 2.46. The Morgan fingerprint density at radius 2 is 2.12 bits per heavy atom. The van der Waals surface area contributed by atoms with E-state index in [-0.39, 0.29) is 11.9 Å². The maximum absolute atomic E-state index is 13.9. The molecule has 2 heterocycles. The molecule has 6 nitrogen and oxygen atoms in total. The molecule has 0 amide bonds. The number of nitrogens with zero attached hydrogens (tertiary/aromatic N) is 3. The number of hydrogen-bond donors (Lipinski definition) is 1. The maximum atomic E-state index is 13.9. The van der Waals surface area contributed by atoms with E-state index in [1.54, 1.807) is 25.4 Å². The molecule has 1 atom stereocenters. The molecule has 0 spiro atoms. The van der Waals surface area contributed by atoms with Crippen molar-refractivity contribution in [2.45, 2.75) is 19.6 Å². The van der Waals surface area contributed by atoms with E-state index < -0.39 is 5.82 Å². The van der Waals surface area contributed by atoms with Crippen LogP contribution in [0.5, 0.6) is 5.75 Å². The lowest BCUT2D eigenvalue weighted by Gasteiger charge is -2.11. The van der Waals surface area contributed by atoms with Crippen LogP contribution in [0.3, 0.4) is 0 Å². The van der Waals surface area contributed by atoms with Gasteiger partial charge in [0.25, 0.3) is 0 Å². The third-order valence-electron chi connectivity index (χ3n) is 3.84. The molecule has 0 fully saturated rings. The average Bonchev–Trinajstić information content (AvgIpc) is 3.23. The van der Waals surface area contributed by atoms with Crippen molar-refractivity contribution in [3.05, 3.63) is 42.5 Å². The fourth-order valence-electron chi connectivity index (χ4n) is 2.46. The van der Waals surface area contributed by atoms with E-state index in [0.717, 1.165) is 11.5 Å². The number of methoxy groups -OCH3 is 2. The summed E-state index contributed by atoms with van der Waals surface area (Å²) in [5.74, 6) is 0.542. The van der Waals surface area contributed by atoms with Crippen LogP contribution in [-0.2, 0) is 11.3 Å². The number of ether oxygens (including phenoxy) is 2. The SMILES string of the molecule is COc1ccc(-c2cc(-c3nccn3CC(C)OC)[nH]n2)cc1F. The van der Waals surface area contributed by atoms with Gasteiger partial charge in [-0.2, -0.15) is 5.10 Å². The molecule has 126 valence electrons. The number of imidazole rings is 1. The Balaban J connectivity index is 1.89. The second kappa shape index (κ2) is 6.84. The van der Waals surface area contributed by atoms with Crippen molar-refractivity contribution in [2.75, 3.05) is 14.2 Å². The number of H-pyrrole nitrogens is 1. The first-order valence-corrected chi connectivity index (χ1v) is 7.56. The van der Waals surface area contributed by atoms with E-state index in [4.69, 9.17) is 9.47 Å². The third-order valence-corrected chi connectivity index (χ3v) is 3.84. The number of nitrogens with one attached hydrogen (secondary N) is 1. The molecule has 0 saturated heterocycles. The van der Waals surface area contributed by atoms with Crippen LogP contribution in [0.25, 0.3) is 22.8 Å². The van der Waals surface area contributed by atoms with E-state index in [2.05, 4.69) is 15.2 Å². The number of hydrogen-bond acceptors (Lipinski definition) is 4. The van der Waals surface area contributed by atoms with E-state index >= 15 is 0 Å². The maximum Gasteiger partial charge on any atom is 0.165 e. The van der Waals surface area contributed by atoms with Gasteiger partial charge in [0.2, 0.25) is 0 Å². The minimum Gasteiger partial charge on any atom is -0.494 e. The lowest BCUT2D eigenvalue weighted by Crippen LogP contribution is -2.14. The van der Waals surface area contributed by atoms with Crippen molar-refractivity contribution in [3.8, 4) is 28.5 Å². The summed E-state index contributed by atoms with van der Waals surface area (Å²) >= 11 is 0. The van der Waals surface area contributed by atoms with Crippen LogP contribution >= 0.6 is 0 Å². The fraction of sp³-hybridized carbons (Fsp3) is 0.294. The van der Waals surface area contributed by atoms with Gasteiger partial charge in [-0.3, -0.25) is 5.10 Å². The zero-order valence-corrected chi connectivity index (χ0v) is 13.8. The first-order valence-electron chi connectivity index (χ1n) is 7.56. The zero-order valence-electron chi connectivity index (χ0n) is 13.8. The molecule has 3 rings (SSSR count). The van der Waals surface area contributed by atoms with Crippen LogP contribution in [0.2, 0.25) is 0 Å². The summed E-state index contributed by atoms with van der Waals surface area (Å²) in [4.78, 5) is 4.37. The van der Waals surface area contributed by atoms with Gasteiger partial charge in [0, 0.05) is 25.1 Å². The smallest absolute Gasteiger partial charge is 0.165 e. The van der Waals surface area contributed by atoms with Gasteiger partial charge in [0.05, 0.1) is 25.5 Å². The largest absolute Gasteiger partial charge is 0.494 e. The van der Waals surface area contributed by atoms with Crippen LogP contribution in [0.1, 0.15) is 6.92 Å². The molecule has 24 heavy (non-hydrogen) atoms. The van der Waals surface area contributed by atoms with E-state index in [1.165, 1.54) is 13.2 Å². The normalized spacial score (nSPS) is 12.3. The van der Waals surface area contributed by atoms with Crippen molar-refractivity contribution in [1.82, 2.24) is 19.7 Å². The lowest BCUT2D eigenvalue weighted by atomic mass is 10.1. The number of aromatic amines is 1. The first kappa shape index (κ1) is 16.2. The van der Waals surface area contributed by atoms with Crippen molar-refractivity contribution in [3.63, 3.8) is 0 Å². The molecule has 0 aliphatic carbocycles. The highest BCUT2D eigenvalue weighted by Crippen LogP contribution is 2.27. The Morgan fingerprint density at radius 3 is 2.83 bits per heavy atom. The van der Waals surface area contributed by atoms with Crippen molar-refractivity contribution >= 4 is 0 Å². The van der Waals surface area contributed by atoms with Gasteiger partial charge in [0.1, 0.15) is 5.69 Å². The summed E-state index contributed by atoms with van der Waals surface area (Å²) in [5.41, 5.74) is 2.06. The summed E-state index contributed by atoms with van der Waals surface area (Å²) in [5, 5.41) is 7.22. The monoisotopic (exact) mass is 330 g/mol. The minimum absolute atomic E-state index is 0.0658. The molecular formula is C17H19FN4O2. The summed E-state index contributed by atoms with van der Waals surface area (Å²) < 4.78 is 26.1. The molecule has 0 aliphatic rings. The highest BCUT2D eigenvalue weighted by Gasteiger charge is 2.13. The van der Waals surface area contributed by atoms with Crippen molar-refractivity contribution in [1.29, 1.82) is 0 Å². The van der Waals surface area contributed by atoms with Crippen molar-refractivity contribution in [2.24, 2.45) is 0 Å². The quantitative estimate of drug-likeness (QED) is 0.754. The highest BCUT2D eigenvalue weighted by molar-refractivity contribution is 5.65. The number of aromatic nitrogens is 4. The predicted molar refractivity (Wildman–Crippen MR) is 88.2 cm³/mol. The second-order valence-corrected chi connectivity index (χ2v) is 5.47. The van der Waals surface area contributed by atoms with E-state index in [9.17, 15) is 4.39 Å². The van der Waals surface area contributed by atoms with Gasteiger partial charge < -0.3 is 14.0 Å². The highest BCUT2D eigenvalue weighted by atomic mass is 19.1. The third kappa shape index (κ3) is 3.16. The summed E-state index contributed by atoms with van der Waals surface area (Å²) in [6.07, 6.45) is 3.68. The Labute approximate surface area is 139 Å². The van der Waals surface area contributed by atoms with Gasteiger partial charge in [-0.1, -0.05) is 0 Å². The molecule has 0 saturated carbocycles. The molecule has 0 bridgehead atoms. The van der Waals surface area contributed by atoms with Gasteiger partial charge in [0.15, 0.2) is 17.4 Å². The van der Waals surface area contributed by atoms with E-state index in [1.807, 2.05) is 23.8 Å². The number of benzene rings is 1. The topological polar surface area (TPSA) is 65.0 Å². The van der Waals surface area contributed by atoms with Crippen molar-refractivity contribution < 1.29 is 13.9 Å². The zero-order chi connectivity index (χ0) is 17.1. The van der Waals surface area contributed by atoms with Crippen LogP contribution in [0.15, 0.2) is 36.7 Å². The van der Waals surface area contributed by atoms with Gasteiger partial charge in [-0.15, -0.1) is 0 Å². The number of rotatable bonds is 6. The summed E-state index contributed by atoms with van der Waals surface area (Å²) in [7, 11) is 3.11. The Kier molecular flexibility index (Phi) is 4.61. The molecule has 1 unspecified atom stereocenters. The van der Waals surface area contributed by atoms with Crippen LogP contribution in [0.4, 0.5) is 4.39 Å². The van der Waals surface area contributed by atoms with Gasteiger partial charge >= 0.3 is 0 Å². The van der Waals surface area contributed by atoms with Gasteiger partial charge in [-0.05, 0) is 31.2 Å². The standard InChI is InChI=1S/C17H19FN4O2/c1-11(23-2)10-22-7-6-19-17(22)15-9-14(20-21-15)12-4-5-16(24-3)13(18)8-12/h4-9,11H,10H2,1-3H3,(H,20,21). The Hall–Kier alpha value is -2.67. The molecule has 0 aliphatic heterocycles. The molecular weight excluding hydrogens is 311 g/mol. The second-order valence-electron chi connectivity index (χ2n) is 5.47. The van der Waals surface area contributed by atoms with Crippen LogP contribution < -0.4 is 4.74 Å². The number of halogens is 1. The Bertz CT molecular complexity index is 828. The molecule has 1 N–H and O–H groups in total. The summed E-state index contributed by atoms with van der Waals surface area (Å²) in [6, 6.07) is 6.59. The molecule has 3 aromatic rings. The van der Waals surface area contributed by atoms with Crippen LogP contribution in [-0.4, -0.2) is 40.1 Å². The first-order chi connectivity index (χ1) is 11.6. The molecule has 7 heteroatoms. The molecule has 1 aromatic carbocycles. The average molecular weight is 330 g/mol. The minimum atomic E-state index is -0.421. The molecule has 0 radical (unpaired) electrons. The summed E-state index contributed by atoms with van der Waals surface area (Å²) in [6.45, 7) is 2.67. The predicted octanol–water partition coefficient (Wildman–Crippen LogP) is 3.12.